The molecule has 4 N–H and O–H groups in total. The van der Waals surface area contributed by atoms with E-state index in [2.05, 4.69) is 25.2 Å². The van der Waals surface area contributed by atoms with Gasteiger partial charge < -0.3 is 11.1 Å². The molecular formula is C15H16N6OS2. The Morgan fingerprint density at radius 3 is 2.88 bits per heavy atom. The Hall–Kier alpha value is -2.52. The minimum absolute atomic E-state index is 0.0902. The van der Waals surface area contributed by atoms with Gasteiger partial charge in [0.25, 0.3) is 5.91 Å². The second kappa shape index (κ2) is 6.93. The van der Waals surface area contributed by atoms with E-state index in [9.17, 15) is 4.79 Å². The molecule has 2 heterocycles. The minimum atomic E-state index is -0.256. The summed E-state index contributed by atoms with van der Waals surface area (Å²) < 4.78 is 5.24. The Morgan fingerprint density at radius 1 is 1.38 bits per heavy atom. The van der Waals surface area contributed by atoms with E-state index in [4.69, 9.17) is 5.73 Å². The van der Waals surface area contributed by atoms with E-state index in [0.717, 1.165) is 21.5 Å². The van der Waals surface area contributed by atoms with Crippen molar-refractivity contribution in [2.45, 2.75) is 13.8 Å². The monoisotopic (exact) mass is 360 g/mol. The van der Waals surface area contributed by atoms with Crippen LogP contribution in [0.25, 0.3) is 10.2 Å². The summed E-state index contributed by atoms with van der Waals surface area (Å²) in [5, 5.41) is 8.39. The third-order valence-electron chi connectivity index (χ3n) is 3.29. The van der Waals surface area contributed by atoms with Crippen molar-refractivity contribution in [2.75, 3.05) is 17.6 Å². The van der Waals surface area contributed by atoms with Gasteiger partial charge in [0.2, 0.25) is 0 Å². The molecule has 0 spiro atoms. The first-order chi connectivity index (χ1) is 11.5. The number of hydrogen-bond donors (Lipinski definition) is 3. The number of hydrazone groups is 1. The fourth-order valence-electron chi connectivity index (χ4n) is 2.17. The van der Waals surface area contributed by atoms with E-state index >= 15 is 0 Å². The molecule has 0 bridgehead atoms. The normalized spacial score (nSPS) is 11.7. The van der Waals surface area contributed by atoms with Crippen molar-refractivity contribution >= 4 is 54.8 Å². The highest BCUT2D eigenvalue weighted by atomic mass is 32.1. The molecule has 0 unspecified atom stereocenters. The molecule has 3 aromatic rings. The van der Waals surface area contributed by atoms with Crippen LogP contribution in [0.1, 0.15) is 18.2 Å². The van der Waals surface area contributed by atoms with Gasteiger partial charge in [0.15, 0.2) is 5.13 Å². The Bertz CT molecular complexity index is 861. The Morgan fingerprint density at radius 2 is 2.17 bits per heavy atom. The van der Waals surface area contributed by atoms with Crippen LogP contribution in [-0.2, 0) is 4.79 Å². The van der Waals surface area contributed by atoms with Crippen molar-refractivity contribution in [1.82, 2.24) is 14.8 Å². The number of nitrogen functional groups attached to an aromatic ring is 1. The zero-order chi connectivity index (χ0) is 17.1. The number of para-hydroxylation sites is 1. The summed E-state index contributed by atoms with van der Waals surface area (Å²) in [5.74, 6) is -0.256. The highest BCUT2D eigenvalue weighted by molar-refractivity contribution is 7.22. The van der Waals surface area contributed by atoms with Crippen LogP contribution in [0.15, 0.2) is 29.4 Å². The quantitative estimate of drug-likeness (QED) is 0.479. The summed E-state index contributed by atoms with van der Waals surface area (Å²) in [7, 11) is 0. The van der Waals surface area contributed by atoms with Crippen LogP contribution < -0.4 is 16.5 Å². The van der Waals surface area contributed by atoms with Crippen molar-refractivity contribution in [3.8, 4) is 0 Å². The summed E-state index contributed by atoms with van der Waals surface area (Å²) in [4.78, 5) is 16.3. The molecule has 0 fully saturated rings. The molecule has 7 nitrogen and oxygen atoms in total. The molecule has 1 aromatic carbocycles. The van der Waals surface area contributed by atoms with Crippen molar-refractivity contribution in [3.05, 3.63) is 35.5 Å². The zero-order valence-electron chi connectivity index (χ0n) is 13.2. The van der Waals surface area contributed by atoms with E-state index in [-0.39, 0.29) is 12.5 Å². The molecule has 2 aromatic heterocycles. The molecule has 124 valence electrons. The number of nitrogens with two attached hydrogens (primary N) is 1. The summed E-state index contributed by atoms with van der Waals surface area (Å²) in [6, 6.07) is 7.82. The zero-order valence-corrected chi connectivity index (χ0v) is 14.8. The molecule has 0 saturated carbocycles. The molecule has 24 heavy (non-hydrogen) atoms. The number of carbonyl (C=O) groups excluding carboxylic acids is 1. The number of hydrogen-bond acceptors (Lipinski definition) is 8. The van der Waals surface area contributed by atoms with Crippen LogP contribution in [-0.4, -0.2) is 27.5 Å². The predicted octanol–water partition coefficient (Wildman–Crippen LogP) is 2.60. The smallest absolute Gasteiger partial charge is 0.259 e. The van der Waals surface area contributed by atoms with Crippen molar-refractivity contribution in [2.24, 2.45) is 5.10 Å². The highest BCUT2D eigenvalue weighted by Gasteiger charge is 2.11. The van der Waals surface area contributed by atoms with Gasteiger partial charge in [-0.05, 0) is 37.5 Å². The topological polar surface area (TPSA) is 105 Å². The second-order valence-corrected chi connectivity index (χ2v) is 6.92. The fraction of sp³-hybridized carbons (Fsp3) is 0.200. The van der Waals surface area contributed by atoms with Gasteiger partial charge in [-0.2, -0.15) is 9.47 Å². The summed E-state index contributed by atoms with van der Waals surface area (Å²) in [6.07, 6.45) is 0. The maximum absolute atomic E-state index is 11.9. The molecule has 9 heteroatoms. The van der Waals surface area contributed by atoms with Gasteiger partial charge in [-0.15, -0.1) is 0 Å². The number of aromatic nitrogens is 2. The van der Waals surface area contributed by atoms with Crippen molar-refractivity contribution in [1.29, 1.82) is 0 Å². The molecule has 0 aliphatic heterocycles. The first-order valence-electron chi connectivity index (χ1n) is 7.19. The highest BCUT2D eigenvalue weighted by Crippen LogP contribution is 2.25. The summed E-state index contributed by atoms with van der Waals surface area (Å²) in [6.45, 7) is 3.74. The number of nitrogens with zero attached hydrogens (tertiary/aromatic N) is 3. The molecule has 0 aliphatic carbocycles. The molecular weight excluding hydrogens is 344 g/mol. The number of nitrogens with one attached hydrogen (secondary N) is 2. The first kappa shape index (κ1) is 16.3. The van der Waals surface area contributed by atoms with Crippen LogP contribution in [0.5, 0.6) is 0 Å². The van der Waals surface area contributed by atoms with Crippen LogP contribution in [0.2, 0.25) is 0 Å². The summed E-state index contributed by atoms with van der Waals surface area (Å²) in [5.41, 5.74) is 11.5. The lowest BCUT2D eigenvalue weighted by atomic mass is 10.2. The lowest BCUT2D eigenvalue weighted by Crippen LogP contribution is -2.26. The van der Waals surface area contributed by atoms with Gasteiger partial charge in [-0.25, -0.2) is 10.4 Å². The van der Waals surface area contributed by atoms with Crippen LogP contribution in [0.4, 0.5) is 10.1 Å². The molecule has 0 aliphatic rings. The van der Waals surface area contributed by atoms with Crippen LogP contribution in [0.3, 0.4) is 0 Å². The number of benzene rings is 1. The van der Waals surface area contributed by atoms with Crippen LogP contribution >= 0.6 is 22.9 Å². The van der Waals surface area contributed by atoms with E-state index in [0.29, 0.717) is 15.8 Å². The largest absolute Gasteiger partial charge is 0.389 e. The average Bonchev–Trinajstić information content (AvgIpc) is 3.13. The lowest BCUT2D eigenvalue weighted by Gasteiger charge is -2.03. The predicted molar refractivity (Wildman–Crippen MR) is 99.7 cm³/mol. The number of anilines is 2. The van der Waals surface area contributed by atoms with Gasteiger partial charge >= 0.3 is 0 Å². The standard InChI is InChI=1S/C15H16N6OS2/c1-8(13-9(2)21-24-14(13)16)19-20-12(22)7-17-15-18-10-5-3-4-6-11(10)23-15/h3-6H,7,16H2,1-2H3,(H,17,18)(H,20,22)/b19-8-. The van der Waals surface area contributed by atoms with Gasteiger partial charge in [0, 0.05) is 0 Å². The maximum Gasteiger partial charge on any atom is 0.259 e. The number of fused-ring (bicyclic) bond motifs is 1. The third kappa shape index (κ3) is 3.52. The van der Waals surface area contributed by atoms with E-state index in [1.165, 1.54) is 22.9 Å². The van der Waals surface area contributed by atoms with Gasteiger partial charge in [0.05, 0.1) is 33.7 Å². The molecule has 1 amide bonds. The minimum Gasteiger partial charge on any atom is -0.389 e. The number of thiazole rings is 1. The number of carbonyl (C=O) groups is 1. The lowest BCUT2D eigenvalue weighted by molar-refractivity contribution is -0.119. The van der Waals surface area contributed by atoms with E-state index in [1.54, 1.807) is 6.92 Å². The third-order valence-corrected chi connectivity index (χ3v) is 5.05. The maximum atomic E-state index is 11.9. The Labute approximate surface area is 146 Å². The van der Waals surface area contributed by atoms with E-state index in [1.807, 2.05) is 31.2 Å². The van der Waals surface area contributed by atoms with Gasteiger partial charge in [0.1, 0.15) is 5.00 Å². The van der Waals surface area contributed by atoms with Crippen molar-refractivity contribution < 1.29 is 4.79 Å². The Kier molecular flexibility index (Phi) is 4.72. The second-order valence-electron chi connectivity index (χ2n) is 5.08. The SMILES string of the molecule is C/C(=N/NC(=O)CNc1nc2ccccc2s1)c1c(C)nsc1N. The number of aryl methyl sites for hydroxylation is 1. The number of rotatable bonds is 5. The van der Waals surface area contributed by atoms with Crippen molar-refractivity contribution in [3.63, 3.8) is 0 Å². The van der Waals surface area contributed by atoms with Crippen LogP contribution in [0, 0.1) is 6.92 Å². The summed E-state index contributed by atoms with van der Waals surface area (Å²) >= 11 is 2.72. The average molecular weight is 360 g/mol. The van der Waals surface area contributed by atoms with Gasteiger partial charge in [-0.3, -0.25) is 4.79 Å². The van der Waals surface area contributed by atoms with Gasteiger partial charge in [-0.1, -0.05) is 23.5 Å². The molecule has 3 rings (SSSR count). The number of amides is 1. The molecule has 0 atom stereocenters. The molecule has 0 saturated heterocycles. The van der Waals surface area contributed by atoms with E-state index < -0.39 is 0 Å². The fourth-order valence-corrected chi connectivity index (χ4v) is 3.75. The molecule has 0 radical (unpaired) electrons. The first-order valence-corrected chi connectivity index (χ1v) is 8.78. The Balaban J connectivity index is 1.58.